The number of benzene rings is 4. The maximum absolute atomic E-state index is 13.6. The van der Waals surface area contributed by atoms with Gasteiger partial charge in [0, 0.05) is 81.5 Å². The number of thiazole rings is 1. The first-order valence-corrected chi connectivity index (χ1v) is 24.3. The number of hydrogen-bond acceptors (Lipinski definition) is 13. The van der Waals surface area contributed by atoms with E-state index in [-0.39, 0.29) is 42.3 Å². The predicted molar refractivity (Wildman–Crippen MR) is 268 cm³/mol. The molecule has 6 heterocycles. The summed E-state index contributed by atoms with van der Waals surface area (Å²) in [5, 5.41) is 24.8. The summed E-state index contributed by atoms with van der Waals surface area (Å²) in [5.74, 6) is -1.39. The minimum atomic E-state index is -1.14. The maximum atomic E-state index is 13.6. The SMILES string of the molecule is Cc1c(OCCCN2CCN(CC(=O)Nc3ccc4c(C5CCC(=O)NC5=O)nn(C)c4c3)CC2)cccc1-c1ccc(N2CCc3cccc(C(=O)Nc4nc5ccccc5s4)c3C2)nc1C(=O)O. The number of aromatic carboxylic acids is 1. The number of ether oxygens (including phenoxy) is 1. The zero-order valence-electron chi connectivity index (χ0n) is 38.9. The molecule has 10 rings (SSSR count). The van der Waals surface area contributed by atoms with Gasteiger partial charge in [0.1, 0.15) is 11.6 Å². The Kier molecular flexibility index (Phi) is 13.1. The van der Waals surface area contributed by atoms with E-state index in [0.29, 0.717) is 71.7 Å². The van der Waals surface area contributed by atoms with E-state index in [4.69, 9.17) is 9.72 Å². The average Bonchev–Trinajstić information content (AvgIpc) is 3.92. The molecule has 1 unspecified atom stereocenters. The highest BCUT2D eigenvalue weighted by Gasteiger charge is 2.32. The van der Waals surface area contributed by atoms with Crippen LogP contribution in [0.3, 0.4) is 0 Å². The van der Waals surface area contributed by atoms with Gasteiger partial charge in [-0.05, 0) is 103 Å². The molecular formula is C52H52N10O7S. The lowest BCUT2D eigenvalue weighted by Gasteiger charge is -2.34. The molecule has 0 aliphatic carbocycles. The second kappa shape index (κ2) is 19.8. The highest BCUT2D eigenvalue weighted by Crippen LogP contribution is 2.36. The molecule has 0 bridgehead atoms. The average molecular weight is 961 g/mol. The van der Waals surface area contributed by atoms with Crippen LogP contribution < -0.4 is 25.6 Å². The summed E-state index contributed by atoms with van der Waals surface area (Å²) in [6, 6.07) is 28.3. The van der Waals surface area contributed by atoms with Crippen LogP contribution in [0.4, 0.5) is 16.6 Å². The number of anilines is 3. The van der Waals surface area contributed by atoms with Crippen LogP contribution in [0, 0.1) is 6.92 Å². The molecular weight excluding hydrogens is 909 g/mol. The molecule has 0 radical (unpaired) electrons. The largest absolute Gasteiger partial charge is 0.493 e. The van der Waals surface area contributed by atoms with E-state index < -0.39 is 11.9 Å². The molecule has 17 nitrogen and oxygen atoms in total. The fourth-order valence-corrected chi connectivity index (χ4v) is 10.6. The normalized spacial score (nSPS) is 16.5. The van der Waals surface area contributed by atoms with Gasteiger partial charge in [-0.25, -0.2) is 14.8 Å². The fourth-order valence-electron chi connectivity index (χ4n) is 9.77. The van der Waals surface area contributed by atoms with Crippen molar-refractivity contribution < 1.29 is 33.8 Å². The lowest BCUT2D eigenvalue weighted by Crippen LogP contribution is -2.48. The smallest absolute Gasteiger partial charge is 0.355 e. The molecule has 4 amide bonds. The van der Waals surface area contributed by atoms with Gasteiger partial charge in [0.2, 0.25) is 17.7 Å². The molecule has 2 saturated heterocycles. The second-order valence-corrected chi connectivity index (χ2v) is 19.0. The predicted octanol–water partition coefficient (Wildman–Crippen LogP) is 6.61. The number of nitrogens with zero attached hydrogens (tertiary/aromatic N) is 7. The zero-order chi connectivity index (χ0) is 48.5. The number of nitrogens with one attached hydrogen (secondary N) is 3. The summed E-state index contributed by atoms with van der Waals surface area (Å²) in [6.07, 6.45) is 2.14. The Balaban J connectivity index is 0.709. The van der Waals surface area contributed by atoms with E-state index in [0.717, 1.165) is 82.5 Å². The summed E-state index contributed by atoms with van der Waals surface area (Å²) >= 11 is 1.42. The number of hydrogen-bond donors (Lipinski definition) is 4. The third kappa shape index (κ3) is 9.70. The number of pyridine rings is 1. The number of rotatable bonds is 14. The molecule has 70 heavy (non-hydrogen) atoms. The number of amides is 4. The van der Waals surface area contributed by atoms with Crippen LogP contribution >= 0.6 is 11.3 Å². The van der Waals surface area contributed by atoms with Crippen LogP contribution in [0.5, 0.6) is 5.75 Å². The Labute approximate surface area is 407 Å². The van der Waals surface area contributed by atoms with Crippen LogP contribution in [0.15, 0.2) is 91.0 Å². The number of piperidine rings is 1. The quantitative estimate of drug-likeness (QED) is 0.0670. The molecule has 3 aliphatic heterocycles. The monoisotopic (exact) mass is 960 g/mol. The molecule has 4 N–H and O–H groups in total. The Morgan fingerprint density at radius 1 is 0.871 bits per heavy atom. The molecule has 3 aliphatic rings. The van der Waals surface area contributed by atoms with Crippen molar-refractivity contribution in [2.75, 3.05) is 68.0 Å². The van der Waals surface area contributed by atoms with E-state index in [1.54, 1.807) is 11.7 Å². The molecule has 1 atom stereocenters. The second-order valence-electron chi connectivity index (χ2n) is 18.0. The standard InChI is InChI=1S/C52H52N10O7S/c1-31-34(35-16-18-44(55-48(35)51(67)68)62-22-20-32-8-5-10-36(39(32)29-62)49(65)57-52-54-40-11-3-4-13-43(40)70-52)9-6-12-42(31)69-27-7-21-60-23-25-61(26-24-60)30-46(64)53-33-14-15-37-41(28-33)59(2)58-47(37)38-17-19-45(63)56-50(38)66/h3-6,8-16,18,28,38H,7,17,19-27,29-30H2,1-2H3,(H,53,64)(H,67,68)(H,54,57,65)(H,56,63,66). The molecule has 4 aromatic carbocycles. The van der Waals surface area contributed by atoms with Gasteiger partial charge in [-0.1, -0.05) is 47.7 Å². The first-order chi connectivity index (χ1) is 33.9. The lowest BCUT2D eigenvalue weighted by atomic mass is 9.93. The van der Waals surface area contributed by atoms with Crippen LogP contribution in [-0.2, 0) is 34.4 Å². The van der Waals surface area contributed by atoms with Crippen molar-refractivity contribution >= 4 is 78.7 Å². The summed E-state index contributed by atoms with van der Waals surface area (Å²) in [5.41, 5.74) is 7.36. The number of aromatic nitrogens is 4. The van der Waals surface area contributed by atoms with Crippen LogP contribution in [0.2, 0.25) is 0 Å². The molecule has 358 valence electrons. The number of carbonyl (C=O) groups excluding carboxylic acids is 4. The highest BCUT2D eigenvalue weighted by molar-refractivity contribution is 7.22. The van der Waals surface area contributed by atoms with Gasteiger partial charge in [0.05, 0.1) is 40.5 Å². The minimum absolute atomic E-state index is 0.0599. The first kappa shape index (κ1) is 46.2. The van der Waals surface area contributed by atoms with Crippen molar-refractivity contribution in [3.05, 3.63) is 125 Å². The van der Waals surface area contributed by atoms with Gasteiger partial charge in [-0.15, -0.1) is 0 Å². The molecule has 18 heteroatoms. The van der Waals surface area contributed by atoms with E-state index in [1.807, 2.05) is 103 Å². The van der Waals surface area contributed by atoms with Gasteiger partial charge in [-0.2, -0.15) is 5.10 Å². The Bertz CT molecular complexity index is 3160. The van der Waals surface area contributed by atoms with Gasteiger partial charge >= 0.3 is 5.97 Å². The number of carboxylic acids is 1. The minimum Gasteiger partial charge on any atom is -0.493 e. The van der Waals surface area contributed by atoms with Crippen molar-refractivity contribution in [3.8, 4) is 16.9 Å². The Morgan fingerprint density at radius 3 is 2.50 bits per heavy atom. The topological polar surface area (TPSA) is 204 Å². The van der Waals surface area contributed by atoms with Crippen molar-refractivity contribution in [1.82, 2.24) is 34.9 Å². The summed E-state index contributed by atoms with van der Waals surface area (Å²) in [4.78, 5) is 79.6. The first-order valence-electron chi connectivity index (χ1n) is 23.5. The highest BCUT2D eigenvalue weighted by atomic mass is 32.1. The number of para-hydroxylation sites is 1. The zero-order valence-corrected chi connectivity index (χ0v) is 39.7. The Hall–Kier alpha value is -7.54. The number of piperazine rings is 1. The fraction of sp³-hybridized carbons (Fsp3) is 0.308. The van der Waals surface area contributed by atoms with Gasteiger partial charge in [0.15, 0.2) is 10.8 Å². The van der Waals surface area contributed by atoms with E-state index >= 15 is 0 Å². The molecule has 7 aromatic rings. The third-order valence-electron chi connectivity index (χ3n) is 13.5. The van der Waals surface area contributed by atoms with Crippen LogP contribution in [0.1, 0.15) is 68.4 Å². The van der Waals surface area contributed by atoms with Crippen LogP contribution in [-0.4, -0.2) is 117 Å². The van der Waals surface area contributed by atoms with Crippen LogP contribution in [0.25, 0.3) is 32.2 Å². The number of carbonyl (C=O) groups is 5. The Morgan fingerprint density at radius 2 is 1.69 bits per heavy atom. The molecule has 2 fully saturated rings. The van der Waals surface area contributed by atoms with Gasteiger partial charge in [0.25, 0.3) is 5.91 Å². The molecule has 0 spiro atoms. The van der Waals surface area contributed by atoms with Gasteiger partial charge < -0.3 is 25.0 Å². The van der Waals surface area contributed by atoms with E-state index in [2.05, 4.69) is 35.8 Å². The van der Waals surface area contributed by atoms with Crippen molar-refractivity contribution in [1.29, 1.82) is 0 Å². The van der Waals surface area contributed by atoms with Gasteiger partial charge in [-0.3, -0.25) is 39.4 Å². The van der Waals surface area contributed by atoms with E-state index in [9.17, 15) is 29.1 Å². The van der Waals surface area contributed by atoms with Crippen molar-refractivity contribution in [3.63, 3.8) is 0 Å². The van der Waals surface area contributed by atoms with Crippen molar-refractivity contribution in [2.24, 2.45) is 7.05 Å². The third-order valence-corrected chi connectivity index (χ3v) is 14.4. The summed E-state index contributed by atoms with van der Waals surface area (Å²) < 4.78 is 8.98. The maximum Gasteiger partial charge on any atom is 0.355 e. The number of imide groups is 1. The molecule has 0 saturated carbocycles. The summed E-state index contributed by atoms with van der Waals surface area (Å²) in [6.45, 7) is 7.64. The molecule has 3 aromatic heterocycles. The lowest BCUT2D eigenvalue weighted by molar-refractivity contribution is -0.134. The number of aryl methyl sites for hydroxylation is 1. The number of carboxylic acid groups (broad SMARTS) is 1. The van der Waals surface area contributed by atoms with Crippen molar-refractivity contribution in [2.45, 2.75) is 45.1 Å². The van der Waals surface area contributed by atoms with E-state index in [1.165, 1.54) is 11.3 Å². The number of fused-ring (bicyclic) bond motifs is 3. The summed E-state index contributed by atoms with van der Waals surface area (Å²) in [7, 11) is 1.80.